The lowest BCUT2D eigenvalue weighted by Crippen LogP contribution is -2.40. The molecule has 2 aromatic heterocycles. The fraction of sp³-hybridized carbons (Fsp3) is 0.222. The highest BCUT2D eigenvalue weighted by Crippen LogP contribution is 2.35. The van der Waals surface area contributed by atoms with E-state index in [0.29, 0.717) is 22.9 Å². The fourth-order valence-corrected chi connectivity index (χ4v) is 4.92. The van der Waals surface area contributed by atoms with Crippen LogP contribution in [0.4, 0.5) is 5.69 Å². The summed E-state index contributed by atoms with van der Waals surface area (Å²) in [5.74, 6) is 0. The minimum Gasteiger partial charge on any atom is -0.332 e. The van der Waals surface area contributed by atoms with E-state index in [9.17, 15) is 8.42 Å². The highest BCUT2D eigenvalue weighted by atomic mass is 35.5. The standard InChI is InChI=1S/C18H17ClN4O2S/c1-13-8-16(10-21-18(13)19)26(24,25)23-11-15(22-7-6-20-12-22)9-14-4-2-3-5-17(14)23/h2-8,10,12,15H,9,11H2,1H3/t15-/m1/s1. The van der Waals surface area contributed by atoms with E-state index in [2.05, 4.69) is 9.97 Å². The molecular formula is C18H17ClN4O2S. The highest BCUT2D eigenvalue weighted by molar-refractivity contribution is 7.92. The Morgan fingerprint density at radius 3 is 2.81 bits per heavy atom. The number of imidazole rings is 1. The molecule has 0 N–H and O–H groups in total. The average Bonchev–Trinajstić information content (AvgIpc) is 3.17. The highest BCUT2D eigenvalue weighted by Gasteiger charge is 2.34. The third kappa shape index (κ3) is 2.87. The van der Waals surface area contributed by atoms with Gasteiger partial charge in [-0.2, -0.15) is 0 Å². The van der Waals surface area contributed by atoms with Gasteiger partial charge in [-0.25, -0.2) is 18.4 Å². The van der Waals surface area contributed by atoms with Gasteiger partial charge in [-0.3, -0.25) is 4.31 Å². The Balaban J connectivity index is 1.81. The fourth-order valence-electron chi connectivity index (χ4n) is 3.25. The summed E-state index contributed by atoms with van der Waals surface area (Å²) >= 11 is 5.96. The molecule has 0 aliphatic carbocycles. The van der Waals surface area contributed by atoms with Crippen LogP contribution in [0.1, 0.15) is 17.2 Å². The lowest BCUT2D eigenvalue weighted by Gasteiger charge is -2.35. The molecule has 0 saturated heterocycles. The summed E-state index contributed by atoms with van der Waals surface area (Å²) < 4.78 is 30.1. The Morgan fingerprint density at radius 2 is 2.08 bits per heavy atom. The molecule has 3 heterocycles. The van der Waals surface area contributed by atoms with Crippen molar-refractivity contribution in [3.05, 3.63) is 71.5 Å². The van der Waals surface area contributed by atoms with Crippen LogP contribution in [0.25, 0.3) is 0 Å². The molecule has 0 spiro atoms. The van der Waals surface area contributed by atoms with E-state index in [4.69, 9.17) is 11.6 Å². The van der Waals surface area contributed by atoms with Crippen molar-refractivity contribution >= 4 is 27.3 Å². The SMILES string of the molecule is Cc1cc(S(=O)(=O)N2C[C@H](n3ccnc3)Cc3ccccc32)cnc1Cl. The number of aromatic nitrogens is 3. The maximum absolute atomic E-state index is 13.3. The predicted octanol–water partition coefficient (Wildman–Crippen LogP) is 3.23. The molecule has 1 aliphatic heterocycles. The van der Waals surface area contributed by atoms with Gasteiger partial charge in [0.05, 0.1) is 24.6 Å². The van der Waals surface area contributed by atoms with Crippen molar-refractivity contribution in [2.75, 3.05) is 10.8 Å². The molecule has 0 amide bonds. The lowest BCUT2D eigenvalue weighted by molar-refractivity contribution is 0.487. The normalized spacial score (nSPS) is 17.2. The number of para-hydroxylation sites is 1. The molecule has 0 fully saturated rings. The Labute approximate surface area is 157 Å². The second-order valence-corrected chi connectivity index (χ2v) is 8.53. The molecule has 1 aliphatic rings. The van der Waals surface area contributed by atoms with E-state index in [0.717, 1.165) is 12.0 Å². The molecule has 0 saturated carbocycles. The van der Waals surface area contributed by atoms with Gasteiger partial charge in [0.1, 0.15) is 10.0 Å². The number of pyridine rings is 1. The van der Waals surface area contributed by atoms with E-state index in [1.807, 2.05) is 35.0 Å². The van der Waals surface area contributed by atoms with Gasteiger partial charge in [-0.1, -0.05) is 29.8 Å². The van der Waals surface area contributed by atoms with Gasteiger partial charge in [0, 0.05) is 18.6 Å². The van der Waals surface area contributed by atoms with Gasteiger partial charge >= 0.3 is 0 Å². The zero-order chi connectivity index (χ0) is 18.3. The van der Waals surface area contributed by atoms with Gasteiger partial charge in [0.15, 0.2) is 0 Å². The molecule has 1 atom stereocenters. The van der Waals surface area contributed by atoms with Crippen LogP contribution in [0, 0.1) is 6.92 Å². The number of nitrogens with zero attached hydrogens (tertiary/aromatic N) is 4. The zero-order valence-corrected chi connectivity index (χ0v) is 15.7. The van der Waals surface area contributed by atoms with Gasteiger partial charge in [0.2, 0.25) is 0 Å². The third-order valence-electron chi connectivity index (χ3n) is 4.62. The van der Waals surface area contributed by atoms with Crippen molar-refractivity contribution in [3.8, 4) is 0 Å². The Morgan fingerprint density at radius 1 is 1.27 bits per heavy atom. The molecule has 6 nitrogen and oxygen atoms in total. The Kier molecular flexibility index (Phi) is 4.20. The molecule has 4 rings (SSSR count). The molecule has 0 unspecified atom stereocenters. The maximum Gasteiger partial charge on any atom is 0.265 e. The number of hydrogen-bond acceptors (Lipinski definition) is 4. The first-order chi connectivity index (χ1) is 12.5. The maximum atomic E-state index is 13.3. The van der Waals surface area contributed by atoms with Crippen LogP contribution in [0.2, 0.25) is 5.15 Å². The van der Waals surface area contributed by atoms with Crippen molar-refractivity contribution in [1.29, 1.82) is 0 Å². The van der Waals surface area contributed by atoms with Crippen LogP contribution in [0.15, 0.2) is 60.1 Å². The second kappa shape index (κ2) is 6.41. The lowest BCUT2D eigenvalue weighted by atomic mass is 10.00. The molecule has 8 heteroatoms. The van der Waals surface area contributed by atoms with Crippen molar-refractivity contribution in [3.63, 3.8) is 0 Å². The summed E-state index contributed by atoms with van der Waals surface area (Å²) in [6, 6.07) is 9.12. The molecule has 0 bridgehead atoms. The number of sulfonamides is 1. The second-order valence-electron chi connectivity index (χ2n) is 6.31. The van der Waals surface area contributed by atoms with Crippen molar-refractivity contribution < 1.29 is 8.42 Å². The Hall–Kier alpha value is -2.38. The van der Waals surface area contributed by atoms with Crippen LogP contribution in [-0.2, 0) is 16.4 Å². The minimum atomic E-state index is -3.76. The van der Waals surface area contributed by atoms with Crippen molar-refractivity contribution in [1.82, 2.24) is 14.5 Å². The summed E-state index contributed by atoms with van der Waals surface area (Å²) in [5, 5.41) is 0.305. The molecule has 1 aromatic carbocycles. The third-order valence-corrected chi connectivity index (χ3v) is 6.76. The number of hydrogen-bond donors (Lipinski definition) is 0. The van der Waals surface area contributed by atoms with E-state index >= 15 is 0 Å². The van der Waals surface area contributed by atoms with Crippen LogP contribution in [0.3, 0.4) is 0 Å². The van der Waals surface area contributed by atoms with E-state index in [1.54, 1.807) is 25.5 Å². The first-order valence-corrected chi connectivity index (χ1v) is 9.99. The average molecular weight is 389 g/mol. The van der Waals surface area contributed by atoms with Crippen LogP contribution >= 0.6 is 11.6 Å². The van der Waals surface area contributed by atoms with Crippen molar-refractivity contribution in [2.24, 2.45) is 0 Å². The van der Waals surface area contributed by atoms with Crippen LogP contribution in [-0.4, -0.2) is 29.5 Å². The van der Waals surface area contributed by atoms with Gasteiger partial charge in [-0.05, 0) is 36.6 Å². The smallest absolute Gasteiger partial charge is 0.265 e. The molecule has 3 aromatic rings. The molecule has 26 heavy (non-hydrogen) atoms. The number of halogens is 1. The van der Waals surface area contributed by atoms with E-state index in [-0.39, 0.29) is 10.9 Å². The van der Waals surface area contributed by atoms with Gasteiger partial charge in [0.25, 0.3) is 10.0 Å². The summed E-state index contributed by atoms with van der Waals surface area (Å²) in [5.41, 5.74) is 2.32. The summed E-state index contributed by atoms with van der Waals surface area (Å²) in [6.07, 6.45) is 7.34. The first-order valence-electron chi connectivity index (χ1n) is 8.17. The van der Waals surface area contributed by atoms with Crippen LogP contribution in [0.5, 0.6) is 0 Å². The largest absolute Gasteiger partial charge is 0.332 e. The first kappa shape index (κ1) is 17.1. The summed E-state index contributed by atoms with van der Waals surface area (Å²) in [4.78, 5) is 8.24. The topological polar surface area (TPSA) is 68.1 Å². The summed E-state index contributed by atoms with van der Waals surface area (Å²) in [7, 11) is -3.76. The van der Waals surface area contributed by atoms with E-state index < -0.39 is 10.0 Å². The molecule has 134 valence electrons. The number of benzene rings is 1. The Bertz CT molecular complexity index is 1050. The van der Waals surface area contributed by atoms with Gasteiger partial charge in [-0.15, -0.1) is 0 Å². The van der Waals surface area contributed by atoms with E-state index in [1.165, 1.54) is 10.5 Å². The zero-order valence-electron chi connectivity index (χ0n) is 14.1. The summed E-state index contributed by atoms with van der Waals surface area (Å²) in [6.45, 7) is 2.07. The van der Waals surface area contributed by atoms with Gasteiger partial charge < -0.3 is 4.57 Å². The molecule has 0 radical (unpaired) electrons. The number of anilines is 1. The quantitative estimate of drug-likeness (QED) is 0.646. The number of rotatable bonds is 3. The number of fused-ring (bicyclic) bond motifs is 1. The predicted molar refractivity (Wildman–Crippen MR) is 99.9 cm³/mol. The molecular weight excluding hydrogens is 372 g/mol. The van der Waals surface area contributed by atoms with Crippen molar-refractivity contribution in [2.45, 2.75) is 24.3 Å². The van der Waals surface area contributed by atoms with Crippen LogP contribution < -0.4 is 4.31 Å². The minimum absolute atomic E-state index is 0.0245. The monoisotopic (exact) mass is 388 g/mol. The number of aryl methyl sites for hydroxylation is 1.